The Morgan fingerprint density at radius 1 is 1.33 bits per heavy atom. The number of carbonyl (C=O) groups excluding carboxylic acids is 1. The molecule has 0 aromatic heterocycles. The van der Waals surface area contributed by atoms with Gasteiger partial charge in [-0.2, -0.15) is 0 Å². The van der Waals surface area contributed by atoms with Crippen LogP contribution in [0.4, 0.5) is 5.69 Å². The summed E-state index contributed by atoms with van der Waals surface area (Å²) in [7, 11) is 1.84. The molecule has 2 rings (SSSR count). The topological polar surface area (TPSA) is 64.0 Å². The van der Waals surface area contributed by atoms with E-state index in [4.69, 9.17) is 0 Å². The number of benzene rings is 1. The Hall–Kier alpha value is -1.43. The highest BCUT2D eigenvalue weighted by Crippen LogP contribution is 2.27. The minimum atomic E-state index is -0.585. The number of hydrogen-bond acceptors (Lipinski definition) is 4. The fourth-order valence-electron chi connectivity index (χ4n) is 2.77. The number of para-hydroxylation sites is 1. The van der Waals surface area contributed by atoms with Crippen molar-refractivity contribution in [3.8, 4) is 0 Å². The lowest BCUT2D eigenvalue weighted by Gasteiger charge is -2.31. The fraction of sp³-hybridized carbons (Fsp3) is 0.562. The van der Waals surface area contributed by atoms with Crippen molar-refractivity contribution in [3.63, 3.8) is 0 Å². The Morgan fingerprint density at radius 2 is 2.00 bits per heavy atom. The first-order valence-electron chi connectivity index (χ1n) is 7.27. The molecule has 1 heterocycles. The Bertz CT molecular complexity index is 500. The van der Waals surface area contributed by atoms with Crippen molar-refractivity contribution in [1.82, 2.24) is 4.90 Å². The van der Waals surface area contributed by atoms with Gasteiger partial charge in [-0.1, -0.05) is 25.1 Å². The quantitative estimate of drug-likeness (QED) is 0.801. The van der Waals surface area contributed by atoms with Crippen LogP contribution >= 0.6 is 0 Å². The molecule has 5 nitrogen and oxygen atoms in total. The van der Waals surface area contributed by atoms with Crippen LogP contribution in [0.2, 0.25) is 0 Å². The first-order chi connectivity index (χ1) is 9.99. The van der Waals surface area contributed by atoms with Gasteiger partial charge in [-0.3, -0.25) is 9.69 Å². The molecule has 1 amide bonds. The van der Waals surface area contributed by atoms with Crippen LogP contribution in [0.5, 0.6) is 0 Å². The molecule has 0 radical (unpaired) electrons. The van der Waals surface area contributed by atoms with Gasteiger partial charge in [-0.05, 0) is 25.1 Å². The van der Waals surface area contributed by atoms with E-state index in [1.807, 2.05) is 35.0 Å². The second kappa shape index (κ2) is 6.56. The molecule has 0 atom stereocenters. The van der Waals surface area contributed by atoms with Crippen molar-refractivity contribution in [2.45, 2.75) is 13.3 Å². The largest absolute Gasteiger partial charge is 0.396 e. The lowest BCUT2D eigenvalue weighted by molar-refractivity contribution is -0.119. The van der Waals surface area contributed by atoms with Gasteiger partial charge in [0.15, 0.2) is 0 Å². The van der Waals surface area contributed by atoms with E-state index >= 15 is 0 Å². The van der Waals surface area contributed by atoms with E-state index in [-0.39, 0.29) is 25.7 Å². The molecule has 0 bridgehead atoms. The molecule has 0 fully saturated rings. The van der Waals surface area contributed by atoms with Crippen LogP contribution in [-0.4, -0.2) is 60.9 Å². The predicted molar refractivity (Wildman–Crippen MR) is 82.3 cm³/mol. The summed E-state index contributed by atoms with van der Waals surface area (Å²) in [6.07, 6.45) is 0.899. The maximum atomic E-state index is 12.4. The van der Waals surface area contributed by atoms with E-state index < -0.39 is 5.41 Å². The van der Waals surface area contributed by atoms with Crippen LogP contribution in [0, 0.1) is 5.41 Å². The molecule has 1 aromatic carbocycles. The smallest absolute Gasteiger partial charge is 0.241 e. The fourth-order valence-corrected chi connectivity index (χ4v) is 2.77. The van der Waals surface area contributed by atoms with Crippen molar-refractivity contribution in [1.29, 1.82) is 0 Å². The standard InChI is InChI=1S/C16H24N2O3/c1-16(11-19,12-20)10-17(2)9-15(21)18-8-7-13-5-3-4-6-14(13)18/h3-6,19-20H,7-12H2,1-2H3. The number of aliphatic hydroxyl groups is 2. The number of nitrogens with zero attached hydrogens (tertiary/aromatic N) is 2. The minimum absolute atomic E-state index is 0.0562. The monoisotopic (exact) mass is 292 g/mol. The molecule has 0 saturated carbocycles. The molecule has 1 aromatic rings. The maximum absolute atomic E-state index is 12.4. The van der Waals surface area contributed by atoms with Gasteiger partial charge in [0, 0.05) is 24.2 Å². The first-order valence-corrected chi connectivity index (χ1v) is 7.27. The van der Waals surface area contributed by atoms with E-state index in [1.54, 1.807) is 6.92 Å². The lowest BCUT2D eigenvalue weighted by Crippen LogP contribution is -2.44. The molecule has 2 N–H and O–H groups in total. The van der Waals surface area contributed by atoms with Crippen LogP contribution < -0.4 is 4.90 Å². The molecule has 1 aliphatic heterocycles. The van der Waals surface area contributed by atoms with Crippen LogP contribution in [0.3, 0.4) is 0 Å². The lowest BCUT2D eigenvalue weighted by atomic mass is 9.92. The molecular weight excluding hydrogens is 268 g/mol. The highest BCUT2D eigenvalue weighted by Gasteiger charge is 2.28. The molecule has 0 saturated heterocycles. The van der Waals surface area contributed by atoms with Gasteiger partial charge in [0.2, 0.25) is 5.91 Å². The molecular formula is C16H24N2O3. The van der Waals surface area contributed by atoms with E-state index in [1.165, 1.54) is 5.56 Å². The molecule has 116 valence electrons. The van der Waals surface area contributed by atoms with Crippen molar-refractivity contribution in [2.75, 3.05) is 44.8 Å². The van der Waals surface area contributed by atoms with Gasteiger partial charge in [0.05, 0.1) is 19.8 Å². The van der Waals surface area contributed by atoms with Crippen LogP contribution in [0.25, 0.3) is 0 Å². The third-order valence-corrected chi connectivity index (χ3v) is 4.01. The number of rotatable bonds is 6. The highest BCUT2D eigenvalue weighted by molar-refractivity contribution is 5.96. The number of aliphatic hydroxyl groups excluding tert-OH is 2. The molecule has 0 aliphatic carbocycles. The second-order valence-corrected chi connectivity index (χ2v) is 6.22. The summed E-state index contributed by atoms with van der Waals surface area (Å²) in [6, 6.07) is 7.97. The van der Waals surface area contributed by atoms with Gasteiger partial charge in [-0.25, -0.2) is 0 Å². The van der Waals surface area contributed by atoms with Crippen molar-refractivity contribution in [3.05, 3.63) is 29.8 Å². The maximum Gasteiger partial charge on any atom is 0.241 e. The zero-order valence-electron chi connectivity index (χ0n) is 12.7. The Kier molecular flexibility index (Phi) is 4.98. The zero-order chi connectivity index (χ0) is 15.5. The average molecular weight is 292 g/mol. The summed E-state index contributed by atoms with van der Waals surface area (Å²) in [6.45, 7) is 3.08. The Morgan fingerprint density at radius 3 is 2.67 bits per heavy atom. The summed E-state index contributed by atoms with van der Waals surface area (Å²) >= 11 is 0. The van der Waals surface area contributed by atoms with Crippen LogP contribution in [0.15, 0.2) is 24.3 Å². The molecule has 21 heavy (non-hydrogen) atoms. The van der Waals surface area contributed by atoms with Crippen LogP contribution in [0.1, 0.15) is 12.5 Å². The Labute approximate surface area is 125 Å². The third kappa shape index (κ3) is 3.61. The Balaban J connectivity index is 1.97. The van der Waals surface area contributed by atoms with Gasteiger partial charge in [-0.15, -0.1) is 0 Å². The summed E-state index contributed by atoms with van der Waals surface area (Å²) in [5.41, 5.74) is 1.63. The summed E-state index contributed by atoms with van der Waals surface area (Å²) in [5, 5.41) is 18.7. The SMILES string of the molecule is CN(CC(=O)N1CCc2ccccc21)CC(C)(CO)CO. The normalized spacial score (nSPS) is 14.6. The molecule has 5 heteroatoms. The number of fused-ring (bicyclic) bond motifs is 1. The van der Waals surface area contributed by atoms with Crippen molar-refractivity contribution in [2.24, 2.45) is 5.41 Å². The van der Waals surface area contributed by atoms with E-state index in [0.29, 0.717) is 6.54 Å². The molecule has 0 unspecified atom stereocenters. The number of likely N-dealkylation sites (N-methyl/N-ethyl adjacent to an activating group) is 1. The predicted octanol–water partition coefficient (Wildman–Crippen LogP) is 0.498. The minimum Gasteiger partial charge on any atom is -0.396 e. The molecule has 0 spiro atoms. The highest BCUT2D eigenvalue weighted by atomic mass is 16.3. The van der Waals surface area contributed by atoms with Gasteiger partial charge in [0.25, 0.3) is 0 Å². The van der Waals surface area contributed by atoms with Crippen LogP contribution in [-0.2, 0) is 11.2 Å². The third-order valence-electron chi connectivity index (χ3n) is 4.01. The average Bonchev–Trinajstić information content (AvgIpc) is 2.91. The number of anilines is 1. The van der Waals surface area contributed by atoms with E-state index in [0.717, 1.165) is 18.7 Å². The molecule has 1 aliphatic rings. The summed E-state index contributed by atoms with van der Waals surface area (Å²) in [4.78, 5) is 16.1. The van der Waals surface area contributed by atoms with Gasteiger partial charge >= 0.3 is 0 Å². The van der Waals surface area contributed by atoms with E-state index in [2.05, 4.69) is 6.07 Å². The van der Waals surface area contributed by atoms with Crippen molar-refractivity contribution < 1.29 is 15.0 Å². The van der Waals surface area contributed by atoms with Gasteiger partial charge < -0.3 is 15.1 Å². The van der Waals surface area contributed by atoms with Crippen molar-refractivity contribution >= 4 is 11.6 Å². The number of hydrogen-bond donors (Lipinski definition) is 2. The summed E-state index contributed by atoms with van der Waals surface area (Å²) in [5.74, 6) is 0.0562. The summed E-state index contributed by atoms with van der Waals surface area (Å²) < 4.78 is 0. The second-order valence-electron chi connectivity index (χ2n) is 6.22. The zero-order valence-corrected chi connectivity index (χ0v) is 12.7. The van der Waals surface area contributed by atoms with E-state index in [9.17, 15) is 15.0 Å². The first kappa shape index (κ1) is 15.9. The van der Waals surface area contributed by atoms with Gasteiger partial charge in [0.1, 0.15) is 0 Å². The number of amides is 1. The number of carbonyl (C=O) groups is 1.